The molecule has 0 atom stereocenters. The van der Waals surface area contributed by atoms with E-state index in [1.807, 2.05) is 0 Å². The van der Waals surface area contributed by atoms with Gasteiger partial charge in [0.1, 0.15) is 12.0 Å². The number of hydrogen-bond acceptors (Lipinski definition) is 4. The Morgan fingerprint density at radius 2 is 2.09 bits per heavy atom. The van der Waals surface area contributed by atoms with Crippen LogP contribution in [-0.2, 0) is 0 Å². The predicted octanol–water partition coefficient (Wildman–Crippen LogP) is 2.87. The number of nitrogens with one attached hydrogen (secondary N) is 1. The fraction of sp³-hybridized carbons (Fsp3) is 0.267. The average Bonchev–Trinajstić information content (AvgIpc) is 3.11. The molecule has 1 N–H and O–H groups in total. The maximum atomic E-state index is 13.5. The molecule has 0 saturated carbocycles. The van der Waals surface area contributed by atoms with Crippen LogP contribution >= 0.6 is 0 Å². The first-order valence-electron chi connectivity index (χ1n) is 6.99. The van der Waals surface area contributed by atoms with Crippen molar-refractivity contribution in [3.05, 3.63) is 37.1 Å². The van der Waals surface area contributed by atoms with Crippen molar-refractivity contribution in [2.24, 2.45) is 0 Å². The van der Waals surface area contributed by atoms with E-state index in [9.17, 15) is 8.78 Å². The second-order valence-corrected chi connectivity index (χ2v) is 5.38. The Morgan fingerprint density at radius 1 is 1.18 bits per heavy atom. The Bertz CT molecular complexity index is 815. The third-order valence-corrected chi connectivity index (χ3v) is 3.92. The molecule has 4 heterocycles. The molecule has 0 aliphatic carbocycles. The van der Waals surface area contributed by atoms with Crippen LogP contribution in [0.4, 0.5) is 14.5 Å². The molecule has 1 saturated heterocycles. The molecule has 0 radical (unpaired) electrons. The van der Waals surface area contributed by atoms with Gasteiger partial charge in [-0.2, -0.15) is 0 Å². The third-order valence-electron chi connectivity index (χ3n) is 3.92. The van der Waals surface area contributed by atoms with Crippen LogP contribution in [0.15, 0.2) is 37.1 Å². The molecule has 1 fully saturated rings. The zero-order valence-corrected chi connectivity index (χ0v) is 11.6. The van der Waals surface area contributed by atoms with E-state index < -0.39 is 5.92 Å². The number of hydrogen-bond donors (Lipinski definition) is 1. The Hall–Kier alpha value is -2.57. The molecule has 5 nitrogen and oxygen atoms in total. The first-order valence-corrected chi connectivity index (χ1v) is 6.99. The Labute approximate surface area is 125 Å². The number of aromatic amines is 1. The number of fused-ring (bicyclic) bond motifs is 1. The van der Waals surface area contributed by atoms with Crippen LogP contribution in [0.5, 0.6) is 0 Å². The van der Waals surface area contributed by atoms with Gasteiger partial charge in [-0.15, -0.1) is 0 Å². The highest BCUT2D eigenvalue weighted by molar-refractivity contribution is 6.01. The second kappa shape index (κ2) is 4.72. The van der Waals surface area contributed by atoms with Crippen molar-refractivity contribution in [2.75, 3.05) is 18.0 Å². The summed E-state index contributed by atoms with van der Waals surface area (Å²) < 4.78 is 27.1. The number of halogens is 2. The molecule has 1 aliphatic rings. The number of H-pyrrole nitrogens is 1. The lowest BCUT2D eigenvalue weighted by molar-refractivity contribution is 0.0257. The van der Waals surface area contributed by atoms with E-state index in [1.165, 1.54) is 6.33 Å². The molecule has 0 unspecified atom stereocenters. The summed E-state index contributed by atoms with van der Waals surface area (Å²) in [7, 11) is 0. The molecule has 0 spiro atoms. The molecule has 4 rings (SSSR count). The highest BCUT2D eigenvalue weighted by Crippen LogP contribution is 2.38. The lowest BCUT2D eigenvalue weighted by Gasteiger charge is -2.19. The Morgan fingerprint density at radius 3 is 2.82 bits per heavy atom. The first-order chi connectivity index (χ1) is 10.6. The van der Waals surface area contributed by atoms with Gasteiger partial charge in [0.2, 0.25) is 0 Å². The third kappa shape index (κ3) is 2.09. The minimum absolute atomic E-state index is 0.121. The van der Waals surface area contributed by atoms with Gasteiger partial charge in [-0.25, -0.2) is 23.7 Å². The molecule has 112 valence electrons. The van der Waals surface area contributed by atoms with Gasteiger partial charge in [-0.05, 0) is 12.1 Å². The molecule has 3 aromatic heterocycles. The maximum Gasteiger partial charge on any atom is 0.266 e. The number of pyridine rings is 1. The van der Waals surface area contributed by atoms with E-state index in [1.54, 1.807) is 35.6 Å². The van der Waals surface area contributed by atoms with Crippen LogP contribution in [-0.4, -0.2) is 38.9 Å². The van der Waals surface area contributed by atoms with Crippen LogP contribution in [0.25, 0.3) is 22.3 Å². The van der Waals surface area contributed by atoms with Crippen molar-refractivity contribution in [2.45, 2.75) is 12.3 Å². The number of nitrogens with zero attached hydrogens (tertiary/aromatic N) is 4. The second-order valence-electron chi connectivity index (χ2n) is 5.38. The van der Waals surface area contributed by atoms with Crippen LogP contribution < -0.4 is 4.90 Å². The van der Waals surface area contributed by atoms with E-state index in [4.69, 9.17) is 0 Å². The minimum Gasteiger partial charge on any atom is -0.365 e. The van der Waals surface area contributed by atoms with E-state index in [0.717, 1.165) is 22.3 Å². The van der Waals surface area contributed by atoms with Crippen molar-refractivity contribution < 1.29 is 8.78 Å². The summed E-state index contributed by atoms with van der Waals surface area (Å²) in [6.45, 7) is 0.0705. The van der Waals surface area contributed by atoms with Crippen molar-refractivity contribution in [1.29, 1.82) is 0 Å². The molecular weight excluding hydrogens is 288 g/mol. The number of rotatable bonds is 2. The lowest BCUT2D eigenvalue weighted by atomic mass is 10.1. The average molecular weight is 301 g/mol. The monoisotopic (exact) mass is 301 g/mol. The van der Waals surface area contributed by atoms with E-state index in [-0.39, 0.29) is 13.0 Å². The van der Waals surface area contributed by atoms with Crippen LogP contribution in [0.2, 0.25) is 0 Å². The topological polar surface area (TPSA) is 57.7 Å². The number of aromatic nitrogens is 4. The van der Waals surface area contributed by atoms with Crippen molar-refractivity contribution in [1.82, 2.24) is 19.9 Å². The molecule has 1 aliphatic heterocycles. The molecule has 3 aromatic rings. The van der Waals surface area contributed by atoms with Gasteiger partial charge in [0.15, 0.2) is 0 Å². The number of anilines is 1. The summed E-state index contributed by atoms with van der Waals surface area (Å²) in [5.41, 5.74) is 3.01. The summed E-state index contributed by atoms with van der Waals surface area (Å²) in [6.07, 6.45) is 6.44. The van der Waals surface area contributed by atoms with Gasteiger partial charge >= 0.3 is 0 Å². The van der Waals surface area contributed by atoms with Crippen molar-refractivity contribution in [3.63, 3.8) is 0 Å². The van der Waals surface area contributed by atoms with Crippen molar-refractivity contribution in [3.8, 4) is 11.3 Å². The van der Waals surface area contributed by atoms with Crippen molar-refractivity contribution >= 4 is 16.7 Å². The fourth-order valence-electron chi connectivity index (χ4n) is 2.90. The minimum atomic E-state index is -2.64. The highest BCUT2D eigenvalue weighted by Gasteiger charge is 2.39. The van der Waals surface area contributed by atoms with Crippen LogP contribution in [0, 0.1) is 0 Å². The van der Waals surface area contributed by atoms with E-state index in [2.05, 4.69) is 19.9 Å². The van der Waals surface area contributed by atoms with Gasteiger partial charge < -0.3 is 9.88 Å². The zero-order chi connectivity index (χ0) is 15.2. The normalized spacial score (nSPS) is 17.3. The summed E-state index contributed by atoms with van der Waals surface area (Å²) >= 11 is 0. The van der Waals surface area contributed by atoms with Gasteiger partial charge in [0.25, 0.3) is 5.92 Å². The van der Waals surface area contributed by atoms with Gasteiger partial charge in [-0.1, -0.05) is 0 Å². The zero-order valence-electron chi connectivity index (χ0n) is 11.6. The lowest BCUT2D eigenvalue weighted by Crippen LogP contribution is -2.25. The van der Waals surface area contributed by atoms with Gasteiger partial charge in [0, 0.05) is 37.1 Å². The van der Waals surface area contributed by atoms with Gasteiger partial charge in [0.05, 0.1) is 23.3 Å². The quantitative estimate of drug-likeness (QED) is 0.790. The van der Waals surface area contributed by atoms with Crippen LogP contribution in [0.3, 0.4) is 0 Å². The smallest absolute Gasteiger partial charge is 0.266 e. The summed E-state index contributed by atoms with van der Waals surface area (Å²) in [5, 5.41) is 0.818. The predicted molar refractivity (Wildman–Crippen MR) is 78.9 cm³/mol. The number of alkyl halides is 2. The largest absolute Gasteiger partial charge is 0.365 e. The molecular formula is C15H13F2N5. The summed E-state index contributed by atoms with van der Waals surface area (Å²) in [4.78, 5) is 17.2. The summed E-state index contributed by atoms with van der Waals surface area (Å²) in [5.74, 6) is -2.64. The molecule has 0 aromatic carbocycles. The maximum absolute atomic E-state index is 13.5. The summed E-state index contributed by atoms with van der Waals surface area (Å²) in [6, 6.07) is 3.57. The highest BCUT2D eigenvalue weighted by atomic mass is 19.3. The van der Waals surface area contributed by atoms with Crippen LogP contribution in [0.1, 0.15) is 6.42 Å². The first kappa shape index (κ1) is 13.1. The Balaban J connectivity index is 1.88. The SMILES string of the molecule is FC1(F)CCN(c2ccnc3[nH]cc(-c4ccncn4)c23)C1. The van der Waals surface area contributed by atoms with E-state index >= 15 is 0 Å². The molecule has 7 heteroatoms. The standard InChI is InChI=1S/C15H13F2N5/c16-15(17)3-6-22(8-15)12-2-5-19-14-13(12)10(7-20-14)11-1-4-18-9-21-11/h1-2,4-5,7,9H,3,6,8H2,(H,19,20). The van der Waals surface area contributed by atoms with E-state index in [0.29, 0.717) is 12.2 Å². The Kier molecular flexibility index (Phi) is 2.82. The molecule has 0 bridgehead atoms. The molecule has 22 heavy (non-hydrogen) atoms. The molecule has 0 amide bonds. The van der Waals surface area contributed by atoms with Gasteiger partial charge in [-0.3, -0.25) is 0 Å². The fourth-order valence-corrected chi connectivity index (χ4v) is 2.90.